The largest absolute Gasteiger partial charge is 0.351 e. The van der Waals surface area contributed by atoms with Gasteiger partial charge in [0.1, 0.15) is 0 Å². The van der Waals surface area contributed by atoms with Gasteiger partial charge < -0.3 is 15.5 Å². The average Bonchev–Trinajstić information content (AvgIpc) is 3.26. The summed E-state index contributed by atoms with van der Waals surface area (Å²) in [6.45, 7) is 3.61. The van der Waals surface area contributed by atoms with Crippen molar-refractivity contribution in [3.8, 4) is 0 Å². The lowest BCUT2D eigenvalue weighted by Crippen LogP contribution is -2.29. The van der Waals surface area contributed by atoms with E-state index in [2.05, 4.69) is 39.6 Å². The van der Waals surface area contributed by atoms with Crippen molar-refractivity contribution in [2.75, 3.05) is 10.2 Å². The van der Waals surface area contributed by atoms with Crippen molar-refractivity contribution in [3.63, 3.8) is 0 Å². The molecule has 7 heteroatoms. The van der Waals surface area contributed by atoms with Gasteiger partial charge in [0.25, 0.3) is 0 Å². The fraction of sp³-hybridized carbons (Fsp3) is 0.190. The van der Waals surface area contributed by atoms with E-state index in [0.717, 1.165) is 17.1 Å². The molecule has 3 aromatic rings. The summed E-state index contributed by atoms with van der Waals surface area (Å²) in [6.07, 6.45) is 1.81. The summed E-state index contributed by atoms with van der Waals surface area (Å²) in [7, 11) is 0. The van der Waals surface area contributed by atoms with Gasteiger partial charge in [-0.3, -0.25) is 9.78 Å². The number of hydrogen-bond donors (Lipinski definition) is 2. The first kappa shape index (κ1) is 18.6. The highest BCUT2D eigenvalue weighted by Crippen LogP contribution is 2.43. The van der Waals surface area contributed by atoms with E-state index >= 15 is 0 Å². The first-order valence-electron chi connectivity index (χ1n) is 8.97. The standard InChI is InChI=1S/C21H20N4OS2/c1-13-6-11-18(28-13)20-19(17-5-3-4-12-22-17)24-21(27)25(20)16-9-7-15(8-10-16)23-14(2)26/h3-12,19-20H,1-2H3,(H,23,26)(H,24,27). The number of anilines is 2. The Morgan fingerprint density at radius 2 is 1.96 bits per heavy atom. The zero-order valence-electron chi connectivity index (χ0n) is 15.5. The molecule has 1 aliphatic heterocycles. The van der Waals surface area contributed by atoms with Crippen molar-refractivity contribution in [1.29, 1.82) is 0 Å². The third kappa shape index (κ3) is 3.63. The highest BCUT2D eigenvalue weighted by Gasteiger charge is 2.41. The molecule has 0 saturated carbocycles. The van der Waals surface area contributed by atoms with Crippen molar-refractivity contribution in [3.05, 3.63) is 76.2 Å². The third-order valence-electron chi connectivity index (χ3n) is 4.62. The van der Waals surface area contributed by atoms with Crippen molar-refractivity contribution in [2.24, 2.45) is 0 Å². The summed E-state index contributed by atoms with van der Waals surface area (Å²) < 4.78 is 0. The quantitative estimate of drug-likeness (QED) is 0.619. The molecule has 2 unspecified atom stereocenters. The molecular weight excluding hydrogens is 388 g/mol. The maximum absolute atomic E-state index is 11.3. The van der Waals surface area contributed by atoms with Gasteiger partial charge >= 0.3 is 0 Å². The van der Waals surface area contributed by atoms with Crippen LogP contribution in [0.2, 0.25) is 0 Å². The van der Waals surface area contributed by atoms with Gasteiger partial charge in [0.2, 0.25) is 5.91 Å². The molecule has 2 N–H and O–H groups in total. The van der Waals surface area contributed by atoms with Crippen LogP contribution in [0.25, 0.3) is 0 Å². The van der Waals surface area contributed by atoms with E-state index in [-0.39, 0.29) is 18.0 Å². The van der Waals surface area contributed by atoms with Crippen molar-refractivity contribution >= 4 is 45.9 Å². The van der Waals surface area contributed by atoms with Gasteiger partial charge in [-0.1, -0.05) is 6.07 Å². The van der Waals surface area contributed by atoms with Crippen LogP contribution in [0, 0.1) is 6.92 Å². The van der Waals surface area contributed by atoms with Gasteiger partial charge in [-0.15, -0.1) is 11.3 Å². The van der Waals surface area contributed by atoms with Gasteiger partial charge in [0.15, 0.2) is 5.11 Å². The molecule has 5 nitrogen and oxygen atoms in total. The molecule has 1 aromatic carbocycles. The van der Waals surface area contributed by atoms with E-state index in [4.69, 9.17) is 12.2 Å². The van der Waals surface area contributed by atoms with Crippen LogP contribution < -0.4 is 15.5 Å². The summed E-state index contributed by atoms with van der Waals surface area (Å²) >= 11 is 7.48. The Labute approximate surface area is 173 Å². The third-order valence-corrected chi connectivity index (χ3v) is 6.00. The van der Waals surface area contributed by atoms with Crippen LogP contribution in [0.3, 0.4) is 0 Å². The number of aryl methyl sites for hydroxylation is 1. The molecule has 1 aliphatic rings. The Hall–Kier alpha value is -2.77. The first-order chi connectivity index (χ1) is 13.5. The van der Waals surface area contributed by atoms with Gasteiger partial charge in [-0.05, 0) is 67.7 Å². The van der Waals surface area contributed by atoms with Gasteiger partial charge in [-0.2, -0.15) is 0 Å². The Bertz CT molecular complexity index is 1000. The molecule has 2 aromatic heterocycles. The number of rotatable bonds is 4. The highest BCUT2D eigenvalue weighted by molar-refractivity contribution is 7.80. The highest BCUT2D eigenvalue weighted by atomic mass is 32.1. The lowest BCUT2D eigenvalue weighted by Gasteiger charge is -2.27. The van der Waals surface area contributed by atoms with E-state index in [1.807, 2.05) is 48.7 Å². The van der Waals surface area contributed by atoms with E-state index < -0.39 is 0 Å². The number of aromatic nitrogens is 1. The molecule has 0 spiro atoms. The van der Waals surface area contributed by atoms with Crippen LogP contribution in [0.1, 0.15) is 34.5 Å². The molecule has 0 bridgehead atoms. The topological polar surface area (TPSA) is 57.3 Å². The number of benzene rings is 1. The first-order valence-corrected chi connectivity index (χ1v) is 10.2. The number of thiophene rings is 1. The van der Waals surface area contributed by atoms with Crippen molar-refractivity contribution in [2.45, 2.75) is 25.9 Å². The lowest BCUT2D eigenvalue weighted by molar-refractivity contribution is -0.114. The Kier molecular flexibility index (Phi) is 5.11. The molecule has 4 rings (SSSR count). The second-order valence-corrected chi connectivity index (χ2v) is 8.38. The Balaban J connectivity index is 1.74. The van der Waals surface area contributed by atoms with Crippen LogP contribution in [0.5, 0.6) is 0 Å². The predicted molar refractivity (Wildman–Crippen MR) is 118 cm³/mol. The summed E-state index contributed by atoms with van der Waals surface area (Å²) in [5.41, 5.74) is 2.69. The number of nitrogens with one attached hydrogen (secondary N) is 2. The van der Waals surface area contributed by atoms with Crippen LogP contribution in [0.4, 0.5) is 11.4 Å². The number of amides is 1. The number of pyridine rings is 1. The second kappa shape index (κ2) is 7.69. The van der Waals surface area contributed by atoms with Crippen LogP contribution in [-0.4, -0.2) is 16.0 Å². The molecule has 1 saturated heterocycles. The van der Waals surface area contributed by atoms with Crippen LogP contribution >= 0.6 is 23.6 Å². The molecule has 1 amide bonds. The minimum absolute atomic E-state index is 0.00714. The number of carbonyl (C=O) groups is 1. The fourth-order valence-corrected chi connectivity index (χ4v) is 4.80. The van der Waals surface area contributed by atoms with E-state index in [9.17, 15) is 4.79 Å². The molecule has 28 heavy (non-hydrogen) atoms. The van der Waals surface area contributed by atoms with E-state index in [1.54, 1.807) is 11.3 Å². The predicted octanol–water partition coefficient (Wildman–Crippen LogP) is 4.59. The second-order valence-electron chi connectivity index (χ2n) is 6.67. The number of hydrogen-bond acceptors (Lipinski definition) is 4. The minimum atomic E-state index is -0.0896. The van der Waals surface area contributed by atoms with Crippen LogP contribution in [0.15, 0.2) is 60.8 Å². The Morgan fingerprint density at radius 3 is 2.57 bits per heavy atom. The van der Waals surface area contributed by atoms with Crippen molar-refractivity contribution in [1.82, 2.24) is 10.3 Å². The molecule has 142 valence electrons. The molecule has 1 fully saturated rings. The van der Waals surface area contributed by atoms with Gasteiger partial charge in [0.05, 0.1) is 17.8 Å². The number of nitrogens with zero attached hydrogens (tertiary/aromatic N) is 2. The summed E-state index contributed by atoms with van der Waals surface area (Å²) in [5, 5.41) is 6.92. The molecular formula is C21H20N4OS2. The molecule has 2 atom stereocenters. The normalized spacial score (nSPS) is 18.8. The summed E-state index contributed by atoms with van der Waals surface area (Å²) in [4.78, 5) is 20.5. The number of carbonyl (C=O) groups excluding carboxylic acids is 1. The maximum atomic E-state index is 11.3. The van der Waals surface area contributed by atoms with E-state index in [0.29, 0.717) is 5.11 Å². The lowest BCUT2D eigenvalue weighted by atomic mass is 10.0. The molecule has 0 radical (unpaired) electrons. The fourth-order valence-electron chi connectivity index (χ4n) is 3.44. The van der Waals surface area contributed by atoms with Gasteiger partial charge in [0, 0.05) is 34.2 Å². The summed E-state index contributed by atoms with van der Waals surface area (Å²) in [5.74, 6) is -0.0896. The Morgan fingerprint density at radius 1 is 1.18 bits per heavy atom. The smallest absolute Gasteiger partial charge is 0.221 e. The molecule has 0 aliphatic carbocycles. The maximum Gasteiger partial charge on any atom is 0.221 e. The van der Waals surface area contributed by atoms with Crippen LogP contribution in [-0.2, 0) is 4.79 Å². The zero-order valence-corrected chi connectivity index (χ0v) is 17.2. The molecule has 3 heterocycles. The number of thiocarbonyl (C=S) groups is 1. The monoisotopic (exact) mass is 408 g/mol. The van der Waals surface area contributed by atoms with Crippen molar-refractivity contribution < 1.29 is 4.79 Å². The van der Waals surface area contributed by atoms with E-state index in [1.165, 1.54) is 16.7 Å². The minimum Gasteiger partial charge on any atom is -0.351 e. The zero-order chi connectivity index (χ0) is 19.7. The van der Waals surface area contributed by atoms with Gasteiger partial charge in [-0.25, -0.2) is 0 Å². The SMILES string of the molecule is CC(=O)Nc1ccc(N2C(=S)NC(c3ccccn3)C2c2ccc(C)s2)cc1. The summed E-state index contributed by atoms with van der Waals surface area (Å²) in [6, 6.07) is 17.9. The average molecular weight is 409 g/mol.